The van der Waals surface area contributed by atoms with Crippen LogP contribution in [0.25, 0.3) is 0 Å². The molecule has 0 N–H and O–H groups in total. The number of halogens is 2. The Morgan fingerprint density at radius 2 is 1.60 bits per heavy atom. The molecule has 1 aromatic carbocycles. The fourth-order valence-electron chi connectivity index (χ4n) is 2.92. The van der Waals surface area contributed by atoms with Crippen LogP contribution in [0.2, 0.25) is 0 Å². The number of aliphatic imine (C=N–C) groups is 1. The fraction of sp³-hybridized carbons (Fsp3) is 0.533. The average molecular weight is 450 g/mol. The van der Waals surface area contributed by atoms with E-state index < -0.39 is 0 Å². The summed E-state index contributed by atoms with van der Waals surface area (Å²) in [5.41, 5.74) is 1.03. The van der Waals surface area contributed by atoms with Crippen LogP contribution in [0.5, 0.6) is 0 Å². The van der Waals surface area contributed by atoms with Crippen molar-refractivity contribution in [2.75, 3.05) is 0 Å². The molecule has 0 radical (unpaired) electrons. The Labute approximate surface area is 142 Å². The van der Waals surface area contributed by atoms with Crippen LogP contribution in [0, 0.1) is 11.8 Å². The van der Waals surface area contributed by atoms with Crippen LogP contribution in [-0.4, -0.2) is 12.0 Å². The van der Waals surface area contributed by atoms with Gasteiger partial charge in [-0.1, -0.05) is 58.0 Å². The molecule has 0 aromatic heterocycles. The first-order chi connectivity index (χ1) is 9.50. The molecule has 20 heavy (non-hydrogen) atoms. The summed E-state index contributed by atoms with van der Waals surface area (Å²) < 4.78 is 5.94. The van der Waals surface area contributed by atoms with Gasteiger partial charge in [-0.05, 0) is 17.4 Å². The van der Waals surface area contributed by atoms with E-state index >= 15 is 0 Å². The molecule has 0 bridgehead atoms. The third kappa shape index (κ3) is 3.87. The molecule has 1 aliphatic heterocycles. The second-order valence-corrected chi connectivity index (χ2v) is 10.4. The van der Waals surface area contributed by atoms with Gasteiger partial charge in [-0.25, -0.2) is 4.99 Å². The molecule has 0 aliphatic carbocycles. The second kappa shape index (κ2) is 8.55. The van der Waals surface area contributed by atoms with Gasteiger partial charge in [-0.3, -0.25) is 0 Å². The Balaban J connectivity index is 0.000000612. The summed E-state index contributed by atoms with van der Waals surface area (Å²) in [4.78, 5) is 4.55. The summed E-state index contributed by atoms with van der Waals surface area (Å²) in [6, 6.07) is 10.6. The van der Waals surface area contributed by atoms with E-state index in [0.717, 1.165) is 0 Å². The molecule has 1 aromatic rings. The van der Waals surface area contributed by atoms with Gasteiger partial charge in [0.05, 0.1) is 0 Å². The normalized spacial score (nSPS) is 19.9. The molecule has 0 spiro atoms. The minimum absolute atomic E-state index is 0.115. The molecular weight excluding hydrogens is 429 g/mol. The van der Waals surface area contributed by atoms with Gasteiger partial charge >= 0.3 is 39.3 Å². The Hall–Kier alpha value is 0.144. The number of benzene rings is 1. The number of ether oxygens (including phenoxy) is 1. The van der Waals surface area contributed by atoms with Gasteiger partial charge in [-0.2, -0.15) is 0 Å². The van der Waals surface area contributed by atoms with E-state index in [1.807, 2.05) is 6.07 Å². The number of nitrogens with zero attached hydrogens (tertiary/aromatic N) is 1. The predicted molar refractivity (Wildman–Crippen MR) is 89.0 cm³/mol. The van der Waals surface area contributed by atoms with E-state index in [0.29, 0.717) is 11.8 Å². The van der Waals surface area contributed by atoms with E-state index in [9.17, 15) is 0 Å². The van der Waals surface area contributed by atoms with Crippen LogP contribution < -0.4 is 0 Å². The van der Waals surface area contributed by atoms with Gasteiger partial charge in [0.1, 0.15) is 11.6 Å². The fourth-order valence-corrected chi connectivity index (χ4v) is 2.92. The van der Waals surface area contributed by atoms with Crippen molar-refractivity contribution in [3.63, 3.8) is 0 Å². The topological polar surface area (TPSA) is 21.6 Å². The van der Waals surface area contributed by atoms with Crippen molar-refractivity contribution in [1.82, 2.24) is 0 Å². The Kier molecular flexibility index (Phi) is 7.78. The molecule has 1 aliphatic rings. The summed E-state index contributed by atoms with van der Waals surface area (Å²) in [5.74, 6) is 0.852. The zero-order valence-electron chi connectivity index (χ0n) is 12.1. The van der Waals surface area contributed by atoms with Crippen LogP contribution in [0.3, 0.4) is 0 Å². The Bertz CT molecular complexity index is 415. The Morgan fingerprint density at radius 1 is 1.10 bits per heavy atom. The summed E-state index contributed by atoms with van der Waals surface area (Å²) in [5, 5.41) is 0. The molecule has 5 heteroatoms. The number of hydrogen-bond donors (Lipinski definition) is 0. The molecule has 1 heterocycles. The van der Waals surface area contributed by atoms with Crippen molar-refractivity contribution in [3.8, 4) is 0 Å². The molecule has 2 rings (SSSR count). The minimum atomic E-state index is -0.207. The molecule has 2 nitrogen and oxygen atoms in total. The third-order valence-corrected chi connectivity index (χ3v) is 3.81. The van der Waals surface area contributed by atoms with E-state index in [4.69, 9.17) is 4.74 Å². The molecule has 0 saturated carbocycles. The summed E-state index contributed by atoms with van der Waals surface area (Å²) in [6.07, 6.45) is 1.64. The standard InChI is InChI=1S/C15H21NO.2BrH.Ni/c1-11(2)15(12(3)4)14(16-10-17-15)13-8-6-5-7-9-13;;;/h5-12,14H,1-4H3;2*1H;/q;;;+2/p-2/t14-;;;/m1.../s1. The van der Waals surface area contributed by atoms with Crippen molar-refractivity contribution >= 4 is 34.9 Å². The predicted octanol–water partition coefficient (Wildman–Crippen LogP) is 5.53. The number of rotatable bonds is 3. The first-order valence-electron chi connectivity index (χ1n) is 6.57. The molecular formula is C15H21Br2NNiO. The van der Waals surface area contributed by atoms with E-state index in [2.05, 4.69) is 85.4 Å². The first kappa shape index (κ1) is 18.2. The summed E-state index contributed by atoms with van der Waals surface area (Å²) in [6.45, 7) is 8.85. The van der Waals surface area contributed by atoms with E-state index in [1.54, 1.807) is 6.40 Å². The summed E-state index contributed by atoms with van der Waals surface area (Å²) in [7, 11) is 1.25. The molecule has 1 atom stereocenters. The van der Waals surface area contributed by atoms with Crippen molar-refractivity contribution in [1.29, 1.82) is 0 Å². The average Bonchev–Trinajstić information content (AvgIpc) is 2.86. The Morgan fingerprint density at radius 3 is 2.05 bits per heavy atom. The van der Waals surface area contributed by atoms with Crippen molar-refractivity contribution in [2.24, 2.45) is 16.8 Å². The quantitative estimate of drug-likeness (QED) is 0.556. The molecule has 0 amide bonds. The second-order valence-electron chi connectivity index (χ2n) is 5.39. The van der Waals surface area contributed by atoms with Crippen LogP contribution in [0.1, 0.15) is 39.3 Å². The van der Waals surface area contributed by atoms with Gasteiger partial charge in [0.2, 0.25) is 0 Å². The maximum atomic E-state index is 5.94. The van der Waals surface area contributed by atoms with E-state index in [1.165, 1.54) is 16.5 Å². The number of hydrogen-bond acceptors (Lipinski definition) is 2. The first-order valence-corrected chi connectivity index (χ1v) is 11.5. The van der Waals surface area contributed by atoms with Crippen LogP contribution in [0.15, 0.2) is 35.3 Å². The molecule has 116 valence electrons. The van der Waals surface area contributed by atoms with Crippen LogP contribution in [0.4, 0.5) is 0 Å². The molecule has 0 fully saturated rings. The van der Waals surface area contributed by atoms with Gasteiger partial charge in [0.15, 0.2) is 6.40 Å². The monoisotopic (exact) mass is 447 g/mol. The van der Waals surface area contributed by atoms with Crippen molar-refractivity contribution in [3.05, 3.63) is 35.9 Å². The zero-order valence-corrected chi connectivity index (χ0v) is 16.3. The van der Waals surface area contributed by atoms with Crippen molar-refractivity contribution < 1.29 is 15.6 Å². The van der Waals surface area contributed by atoms with Crippen molar-refractivity contribution in [2.45, 2.75) is 39.3 Å². The van der Waals surface area contributed by atoms with Crippen LogP contribution >= 0.6 is 28.5 Å². The zero-order chi connectivity index (χ0) is 15.2. The molecule has 0 saturated heterocycles. The van der Waals surface area contributed by atoms with Crippen LogP contribution in [-0.2, 0) is 15.6 Å². The third-order valence-electron chi connectivity index (χ3n) is 3.81. The summed E-state index contributed by atoms with van der Waals surface area (Å²) >= 11 is 6.00. The SMILES string of the molecule is CC(C)C1(C(C)C)OC=N[C@@H]1c1ccccc1.[Br][Ni][Br]. The van der Waals surface area contributed by atoms with E-state index in [-0.39, 0.29) is 11.6 Å². The maximum absolute atomic E-state index is 5.94. The molecule has 0 unspecified atom stereocenters. The van der Waals surface area contributed by atoms with Gasteiger partial charge in [0.25, 0.3) is 0 Å². The van der Waals surface area contributed by atoms with Gasteiger partial charge < -0.3 is 4.74 Å². The van der Waals surface area contributed by atoms with Gasteiger partial charge in [0, 0.05) is 0 Å². The van der Waals surface area contributed by atoms with Gasteiger partial charge in [-0.15, -0.1) is 0 Å².